The molecule has 17 heteroatoms. The lowest BCUT2D eigenvalue weighted by Gasteiger charge is -2.28. The van der Waals surface area contributed by atoms with Crippen LogP contribution in [0.25, 0.3) is 42.2 Å². The summed E-state index contributed by atoms with van der Waals surface area (Å²) in [5, 5.41) is 16.5. The Kier molecular flexibility index (Phi) is 11.2. The Morgan fingerprint density at radius 2 is 1.30 bits per heavy atom. The maximum Gasteiger partial charge on any atom is 0.250 e. The molecule has 2 aliphatic rings. The van der Waals surface area contributed by atoms with Gasteiger partial charge in [0.25, 0.3) is 0 Å². The zero-order valence-corrected chi connectivity index (χ0v) is 34.7. The minimum absolute atomic E-state index is 0.165. The van der Waals surface area contributed by atoms with Crippen LogP contribution in [0.15, 0.2) is 97.3 Å². The van der Waals surface area contributed by atoms with Crippen LogP contribution in [-0.2, 0) is 19.2 Å². The van der Waals surface area contributed by atoms with Crippen molar-refractivity contribution in [3.8, 4) is 32.5 Å². The zero-order chi connectivity index (χ0) is 42.0. The van der Waals surface area contributed by atoms with Crippen molar-refractivity contribution in [1.29, 1.82) is 0 Å². The molecule has 7 aromatic rings. The SMILES string of the molecule is CC(=O)N[C@@H](C(=O)N1CCCC1c1nc(-c2nc3sc(-c4ccc(-c5cnc([C@@H]6CCCN6C(=O)[C@H](NC(=O)CO)c6ccccc6)[nH]5)cc4)nc3s2)c[nH]1)c1ccccc1. The summed E-state index contributed by atoms with van der Waals surface area (Å²) in [6.07, 6.45) is 6.69. The molecule has 4 atom stereocenters. The van der Waals surface area contributed by atoms with Crippen molar-refractivity contribution in [2.24, 2.45) is 0 Å². The summed E-state index contributed by atoms with van der Waals surface area (Å²) >= 11 is 2.97. The molecule has 6 heterocycles. The van der Waals surface area contributed by atoms with E-state index in [0.717, 1.165) is 67.7 Å². The van der Waals surface area contributed by atoms with Crippen LogP contribution in [0.4, 0.5) is 0 Å². The second-order valence-corrected chi connectivity index (χ2v) is 17.0. The van der Waals surface area contributed by atoms with Gasteiger partial charge in [0, 0.05) is 31.8 Å². The molecule has 4 amide bonds. The normalized spacial score (nSPS) is 17.4. The molecule has 61 heavy (non-hydrogen) atoms. The Hall–Kier alpha value is -6.56. The summed E-state index contributed by atoms with van der Waals surface area (Å²) in [7, 11) is 0. The van der Waals surface area contributed by atoms with Crippen LogP contribution >= 0.6 is 22.7 Å². The number of fused-ring (bicyclic) bond motifs is 1. The lowest BCUT2D eigenvalue weighted by atomic mass is 10.0. The number of hydrogen-bond acceptors (Lipinski definition) is 11. The molecule has 0 radical (unpaired) electrons. The first-order valence-electron chi connectivity index (χ1n) is 20.1. The predicted octanol–water partition coefficient (Wildman–Crippen LogP) is 6.25. The van der Waals surface area contributed by atoms with Gasteiger partial charge in [0.2, 0.25) is 23.6 Å². The Bertz CT molecular complexity index is 2660. The maximum absolute atomic E-state index is 13.9. The summed E-state index contributed by atoms with van der Waals surface area (Å²) in [6.45, 7) is 1.80. The van der Waals surface area contributed by atoms with E-state index in [1.54, 1.807) is 28.1 Å². The summed E-state index contributed by atoms with van der Waals surface area (Å²) < 4.78 is 0. The molecule has 3 aromatic carbocycles. The highest BCUT2D eigenvalue weighted by Gasteiger charge is 2.38. The fourth-order valence-electron chi connectivity index (χ4n) is 8.17. The number of carbonyl (C=O) groups is 4. The number of carbonyl (C=O) groups excluding carboxylic acids is 4. The fraction of sp³-hybridized carbons (Fsp3) is 0.273. The van der Waals surface area contributed by atoms with E-state index in [9.17, 15) is 24.3 Å². The van der Waals surface area contributed by atoms with E-state index >= 15 is 0 Å². The smallest absolute Gasteiger partial charge is 0.250 e. The first-order valence-corrected chi connectivity index (χ1v) is 21.7. The number of rotatable bonds is 12. The number of imidazole rings is 2. The Balaban J connectivity index is 0.870. The van der Waals surface area contributed by atoms with Crippen LogP contribution in [0.2, 0.25) is 0 Å². The molecule has 0 spiro atoms. The van der Waals surface area contributed by atoms with E-state index in [1.165, 1.54) is 29.6 Å². The van der Waals surface area contributed by atoms with Gasteiger partial charge in [-0.1, -0.05) is 108 Å². The number of hydrogen-bond donors (Lipinski definition) is 5. The van der Waals surface area contributed by atoms with Gasteiger partial charge in [-0.15, -0.1) is 0 Å². The van der Waals surface area contributed by atoms with Crippen LogP contribution in [0.3, 0.4) is 0 Å². The number of H-pyrrole nitrogens is 2. The lowest BCUT2D eigenvalue weighted by Crippen LogP contribution is -2.43. The molecule has 15 nitrogen and oxygen atoms in total. The van der Waals surface area contributed by atoms with E-state index < -0.39 is 24.6 Å². The summed E-state index contributed by atoms with van der Waals surface area (Å²) in [5.41, 5.74) is 4.75. The summed E-state index contributed by atoms with van der Waals surface area (Å²) in [4.78, 5) is 83.3. The zero-order valence-electron chi connectivity index (χ0n) is 33.1. The Labute approximate surface area is 358 Å². The first-order chi connectivity index (χ1) is 29.7. The van der Waals surface area contributed by atoms with Crippen molar-refractivity contribution in [3.63, 3.8) is 0 Å². The van der Waals surface area contributed by atoms with Crippen LogP contribution in [-0.4, -0.2) is 88.1 Å². The molecule has 5 N–H and O–H groups in total. The standard InChI is InChI=1S/C44H42N10O5S2/c1-25(56)47-35(27-10-4-2-5-11-27)43(58)53-20-9-15-33(53)38-46-23-31(49-38)40-52-42-41(61-40)51-39(60-42)29-18-16-26(17-19-29)30-22-45-37(48-30)32-14-8-21-54(32)44(59)36(50-34(57)24-55)28-12-6-3-7-13-28/h2-7,10-13,16-19,22-23,32-33,35-36,55H,8-9,14-15,20-21,24H2,1H3,(H,45,48)(H,46,49)(H,47,56)(H,50,57)/t32-,33?,35+,36+/m0/s1. The number of amides is 4. The molecule has 9 rings (SSSR count). The van der Waals surface area contributed by atoms with Crippen molar-refractivity contribution >= 4 is 56.0 Å². The quantitative estimate of drug-likeness (QED) is 0.0942. The third-order valence-electron chi connectivity index (χ3n) is 11.1. The second-order valence-electron chi connectivity index (χ2n) is 15.1. The highest BCUT2D eigenvalue weighted by molar-refractivity contribution is 7.29. The number of nitrogens with zero attached hydrogens (tertiary/aromatic N) is 6. The number of aromatic nitrogens is 6. The average molecular weight is 855 g/mol. The molecule has 0 saturated carbocycles. The van der Waals surface area contributed by atoms with E-state index in [1.807, 2.05) is 79.0 Å². The molecule has 310 valence electrons. The third kappa shape index (κ3) is 8.18. The first kappa shape index (κ1) is 39.9. The van der Waals surface area contributed by atoms with Gasteiger partial charge in [0.05, 0.1) is 24.0 Å². The number of aromatic amines is 2. The van der Waals surface area contributed by atoms with Gasteiger partial charge in [-0.3, -0.25) is 19.2 Å². The molecule has 1 unspecified atom stereocenters. The van der Waals surface area contributed by atoms with Crippen molar-refractivity contribution in [1.82, 2.24) is 50.3 Å². The Morgan fingerprint density at radius 1 is 0.738 bits per heavy atom. The fourth-order valence-corrected chi connectivity index (χ4v) is 10.2. The Morgan fingerprint density at radius 3 is 1.90 bits per heavy atom. The molecule has 2 fully saturated rings. The highest BCUT2D eigenvalue weighted by Crippen LogP contribution is 2.39. The van der Waals surface area contributed by atoms with Crippen molar-refractivity contribution < 1.29 is 24.3 Å². The molecular formula is C44H42N10O5S2. The molecule has 4 aromatic heterocycles. The van der Waals surface area contributed by atoms with Gasteiger partial charge in [-0.05, 0) is 42.4 Å². The van der Waals surface area contributed by atoms with Crippen LogP contribution in [0.5, 0.6) is 0 Å². The van der Waals surface area contributed by atoms with Gasteiger partial charge >= 0.3 is 0 Å². The van der Waals surface area contributed by atoms with Gasteiger partial charge in [-0.25, -0.2) is 19.9 Å². The highest BCUT2D eigenvalue weighted by atomic mass is 32.1. The number of benzene rings is 3. The molecule has 0 bridgehead atoms. The van der Waals surface area contributed by atoms with Crippen LogP contribution in [0.1, 0.15) is 79.6 Å². The van der Waals surface area contributed by atoms with Gasteiger partial charge < -0.3 is 35.5 Å². The minimum atomic E-state index is -0.923. The molecule has 2 saturated heterocycles. The average Bonchev–Trinajstić information content (AvgIpc) is 4.14. The predicted molar refractivity (Wildman–Crippen MR) is 231 cm³/mol. The number of aliphatic hydroxyl groups is 1. The van der Waals surface area contributed by atoms with Crippen molar-refractivity contribution in [2.45, 2.75) is 56.8 Å². The van der Waals surface area contributed by atoms with Crippen molar-refractivity contribution in [3.05, 3.63) is 120 Å². The maximum atomic E-state index is 13.9. The van der Waals surface area contributed by atoms with Gasteiger partial charge in [0.15, 0.2) is 9.66 Å². The van der Waals surface area contributed by atoms with E-state index in [2.05, 4.69) is 25.6 Å². The number of thiazole rings is 2. The molecular weight excluding hydrogens is 813 g/mol. The number of aliphatic hydroxyl groups excluding tert-OH is 1. The summed E-state index contributed by atoms with van der Waals surface area (Å²) in [5.74, 6) is 0.0460. The summed E-state index contributed by atoms with van der Waals surface area (Å²) in [6, 6.07) is 24.1. The largest absolute Gasteiger partial charge is 0.387 e. The number of likely N-dealkylation sites (tertiary alicyclic amines) is 2. The molecule has 2 aliphatic heterocycles. The van der Waals surface area contributed by atoms with E-state index in [-0.39, 0.29) is 29.8 Å². The van der Waals surface area contributed by atoms with Crippen LogP contribution < -0.4 is 10.6 Å². The topological polar surface area (TPSA) is 202 Å². The third-order valence-corrected chi connectivity index (χ3v) is 13.2. The van der Waals surface area contributed by atoms with Gasteiger partial charge in [-0.2, -0.15) is 0 Å². The second kappa shape index (κ2) is 17.2. The van der Waals surface area contributed by atoms with E-state index in [0.29, 0.717) is 36.0 Å². The molecule has 0 aliphatic carbocycles. The number of nitrogens with one attached hydrogen (secondary N) is 4. The van der Waals surface area contributed by atoms with Crippen LogP contribution in [0, 0.1) is 0 Å². The monoisotopic (exact) mass is 854 g/mol. The lowest BCUT2D eigenvalue weighted by molar-refractivity contribution is -0.138. The van der Waals surface area contributed by atoms with E-state index in [4.69, 9.17) is 15.0 Å². The minimum Gasteiger partial charge on any atom is -0.387 e. The van der Waals surface area contributed by atoms with Gasteiger partial charge in [0.1, 0.15) is 46.0 Å². The van der Waals surface area contributed by atoms with Crippen molar-refractivity contribution in [2.75, 3.05) is 19.7 Å².